The summed E-state index contributed by atoms with van der Waals surface area (Å²) in [4.78, 5) is 0. The number of likely N-dealkylation sites (N-methyl/N-ethyl adjacent to an activating group) is 1. The lowest BCUT2D eigenvalue weighted by Crippen LogP contribution is -2.44. The van der Waals surface area contributed by atoms with Gasteiger partial charge in [-0.1, -0.05) is 55.4 Å². The van der Waals surface area contributed by atoms with Crippen molar-refractivity contribution in [1.29, 1.82) is 0 Å². The fourth-order valence-electron chi connectivity index (χ4n) is 12.9. The van der Waals surface area contributed by atoms with Crippen molar-refractivity contribution in [3.05, 3.63) is 155 Å². The summed E-state index contributed by atoms with van der Waals surface area (Å²) < 4.78 is 31.3. The maximum absolute atomic E-state index is 2.82. The number of aryl methyl sites for hydroxylation is 8. The van der Waals surface area contributed by atoms with Crippen molar-refractivity contribution >= 4 is 33.7 Å². The van der Waals surface area contributed by atoms with Crippen molar-refractivity contribution in [2.24, 2.45) is 0 Å². The van der Waals surface area contributed by atoms with Gasteiger partial charge < -0.3 is 9.13 Å². The number of hydrogen-bond donors (Lipinski definition) is 0. The monoisotopic (exact) mass is 969 g/mol. The Balaban J connectivity index is 1.39. The van der Waals surface area contributed by atoms with E-state index in [0.29, 0.717) is 0 Å². The largest absolute Gasteiger partial charge is 0.333 e. The number of aromatic nitrogens is 10. The number of hydrogen-bond acceptors (Lipinski definition) is 0. The summed E-state index contributed by atoms with van der Waals surface area (Å²) in [6.45, 7) is 27.8. The van der Waals surface area contributed by atoms with Crippen LogP contribution in [-0.4, -0.2) is 61.1 Å². The van der Waals surface area contributed by atoms with Crippen LogP contribution in [-0.2, 0) is 65.4 Å². The molecule has 11 heterocycles. The molecule has 1 unspecified atom stereocenters. The van der Waals surface area contributed by atoms with Gasteiger partial charge in [0.2, 0.25) is 22.8 Å². The minimum atomic E-state index is 0.0777. The van der Waals surface area contributed by atoms with E-state index in [1.807, 2.05) is 0 Å². The van der Waals surface area contributed by atoms with Gasteiger partial charge in [-0.25, -0.2) is 36.5 Å². The van der Waals surface area contributed by atoms with E-state index in [4.69, 9.17) is 0 Å². The first-order valence-electron chi connectivity index (χ1n) is 28.0. The van der Waals surface area contributed by atoms with Crippen LogP contribution in [0.1, 0.15) is 141 Å². The molecule has 0 saturated heterocycles. The van der Waals surface area contributed by atoms with Crippen molar-refractivity contribution in [2.45, 2.75) is 178 Å². The van der Waals surface area contributed by atoms with E-state index in [-0.39, 0.29) is 6.04 Å². The molecule has 72 heavy (non-hydrogen) atoms. The third kappa shape index (κ3) is 7.51. The third-order valence-corrected chi connectivity index (χ3v) is 15.7. The van der Waals surface area contributed by atoms with Crippen LogP contribution in [0, 0.1) is 0 Å². The van der Waals surface area contributed by atoms with E-state index < -0.39 is 0 Å². The van der Waals surface area contributed by atoms with E-state index in [2.05, 4.69) is 215 Å². The van der Waals surface area contributed by atoms with Crippen LogP contribution in [0.15, 0.2) is 110 Å². The number of nitrogens with zero attached hydrogens (tertiary/aromatic N) is 12. The summed E-state index contributed by atoms with van der Waals surface area (Å²) in [5.74, 6) is 5.15. The normalized spacial score (nSPS) is 16.9. The van der Waals surface area contributed by atoms with Crippen molar-refractivity contribution in [2.75, 3.05) is 7.05 Å². The number of allylic oxidation sites excluding steroid dienone is 4. The van der Waals surface area contributed by atoms with Gasteiger partial charge in [0.15, 0.2) is 28.3 Å². The van der Waals surface area contributed by atoms with Gasteiger partial charge in [0.1, 0.15) is 56.6 Å². The van der Waals surface area contributed by atoms with Crippen LogP contribution in [0.4, 0.5) is 0 Å². The highest BCUT2D eigenvalue weighted by Crippen LogP contribution is 2.40. The zero-order chi connectivity index (χ0) is 49.8. The maximum atomic E-state index is 2.82. The highest BCUT2D eigenvalue weighted by atomic mass is 15.2. The van der Waals surface area contributed by atoms with Gasteiger partial charge in [0, 0.05) is 24.3 Å². The molecule has 374 valence electrons. The molecular weight excluding hydrogens is 889 g/mol. The highest BCUT2D eigenvalue weighted by molar-refractivity contribution is 6.27. The van der Waals surface area contributed by atoms with Gasteiger partial charge in [0.25, 0.3) is 23.3 Å². The van der Waals surface area contributed by atoms with Crippen LogP contribution in [0.25, 0.3) is 22.3 Å². The first-order chi connectivity index (χ1) is 35.3. The first-order valence-corrected chi connectivity index (χ1v) is 28.0. The lowest BCUT2D eigenvalue weighted by Gasteiger charge is -2.19. The van der Waals surface area contributed by atoms with Crippen LogP contribution < -0.4 is 29.0 Å². The molecule has 5 aliphatic rings. The van der Waals surface area contributed by atoms with Gasteiger partial charge in [-0.15, -0.1) is 0 Å². The second-order valence-electron chi connectivity index (χ2n) is 20.8. The smallest absolute Gasteiger partial charge is 0.297 e. The van der Waals surface area contributed by atoms with Crippen LogP contribution in [0.3, 0.4) is 0 Å². The second kappa shape index (κ2) is 19.8. The molecule has 5 aliphatic heterocycles. The van der Waals surface area contributed by atoms with Crippen molar-refractivity contribution in [1.82, 2.24) is 27.4 Å². The van der Waals surface area contributed by atoms with Crippen LogP contribution in [0.5, 0.6) is 0 Å². The Labute approximate surface area is 427 Å². The molecule has 5 bridgehead atoms. The molecule has 0 N–H and O–H groups in total. The lowest BCUT2D eigenvalue weighted by atomic mass is 10.1. The van der Waals surface area contributed by atoms with Gasteiger partial charge in [-0.3, -0.25) is 0 Å². The molecule has 11 rings (SSSR count). The zero-order valence-corrected chi connectivity index (χ0v) is 44.9. The lowest BCUT2D eigenvalue weighted by molar-refractivity contribution is -0.699. The fourth-order valence-corrected chi connectivity index (χ4v) is 12.9. The summed E-state index contributed by atoms with van der Waals surface area (Å²) >= 11 is 0. The molecule has 0 fully saturated rings. The molecule has 0 aliphatic carbocycles. The summed E-state index contributed by atoms with van der Waals surface area (Å²) in [5, 5.41) is 2.56. The summed E-state index contributed by atoms with van der Waals surface area (Å²) in [6, 6.07) is 10.0. The molecule has 0 saturated carbocycles. The van der Waals surface area contributed by atoms with Crippen LogP contribution in [0.2, 0.25) is 0 Å². The van der Waals surface area contributed by atoms with Crippen molar-refractivity contribution in [3.8, 4) is 0 Å². The van der Waals surface area contributed by atoms with E-state index in [1.165, 1.54) is 90.5 Å². The second-order valence-corrected chi connectivity index (χ2v) is 20.8. The topological polar surface area (TPSA) is 51.1 Å². The molecule has 0 aromatic carbocycles. The third-order valence-electron chi connectivity index (χ3n) is 15.7. The summed E-state index contributed by atoms with van der Waals surface area (Å²) in [7, 11) is 2.34. The van der Waals surface area contributed by atoms with E-state index in [1.54, 1.807) is 0 Å². The summed E-state index contributed by atoms with van der Waals surface area (Å²) in [6.07, 6.45) is 37.1. The molecular formula is C60H80N12+6. The van der Waals surface area contributed by atoms with E-state index in [9.17, 15) is 0 Å². The zero-order valence-electron chi connectivity index (χ0n) is 44.9. The molecule has 6 aromatic rings. The SMILES string of the molecule is CCCn1cc[n+](CCC)c1C1=C2C=CC(=[N+]2C)C(c2n(CCC)cc[n+]2CCC)=c2ccc3n2CC2Cn4c1ccc4C(c1n(CCC)cc[n+]1CCC)=C1C=CC(=[N+]12)C=3c1n(CCC)cc[n+]1CCC. The Morgan fingerprint density at radius 1 is 0.417 bits per heavy atom. The average molecular weight is 969 g/mol. The van der Waals surface area contributed by atoms with E-state index in [0.717, 1.165) is 117 Å². The standard InChI is InChI=1S/C60H80N12/c1-10-26-62-34-35-63(27-11-2)57(62)53-45-18-19-46(61(45)9)54(58-64(28-12-3)36-37-65(58)29-13-4)48-21-23-50-56(60-68(32-16-7)40-41-69(60)33-17-8)52-25-24-51-55(59-66(30-14-5)38-39-67(59)31-15-6)49-22-20-47(53)70(49)42-44(72(51)52)43-71(48)50/h18-25,34-41,44H,10-17,26-33,42-43H2,1-9H3/q+6. The Kier molecular flexibility index (Phi) is 13.1. The molecule has 0 spiro atoms. The van der Waals surface area contributed by atoms with Gasteiger partial charge >= 0.3 is 0 Å². The Hall–Kier alpha value is -6.56. The highest BCUT2D eigenvalue weighted by Gasteiger charge is 2.49. The fraction of sp³-hybridized carbons (Fsp3) is 0.467. The average Bonchev–Trinajstić information content (AvgIpc) is 4.27. The van der Waals surface area contributed by atoms with Crippen LogP contribution >= 0.6 is 0 Å². The predicted molar refractivity (Wildman–Crippen MR) is 285 cm³/mol. The molecule has 6 aromatic heterocycles. The Morgan fingerprint density at radius 3 is 1.22 bits per heavy atom. The minimum absolute atomic E-state index is 0.0777. The van der Waals surface area contributed by atoms with E-state index >= 15 is 0 Å². The molecule has 12 heteroatoms. The molecule has 0 radical (unpaired) electrons. The Morgan fingerprint density at radius 2 is 0.792 bits per heavy atom. The predicted octanol–water partition coefficient (Wildman–Crippen LogP) is 6.63. The quantitative estimate of drug-likeness (QED) is 0.0773. The van der Waals surface area contributed by atoms with Gasteiger partial charge in [-0.2, -0.15) is 9.15 Å². The van der Waals surface area contributed by atoms with Gasteiger partial charge in [-0.05, 0) is 75.6 Å². The molecule has 12 nitrogen and oxygen atoms in total. The summed E-state index contributed by atoms with van der Waals surface area (Å²) in [5.41, 5.74) is 12.8. The van der Waals surface area contributed by atoms with Crippen molar-refractivity contribution < 1.29 is 27.4 Å². The number of rotatable bonds is 20. The minimum Gasteiger partial charge on any atom is -0.333 e. The first kappa shape index (κ1) is 47.7. The molecule has 1 atom stereocenters. The molecule has 0 amide bonds. The number of imidazole rings is 4. The number of fused-ring (bicyclic) bond motifs is 1. The maximum Gasteiger partial charge on any atom is 0.297 e. The van der Waals surface area contributed by atoms with Crippen molar-refractivity contribution in [3.63, 3.8) is 0 Å². The Bertz CT molecular complexity index is 3320. The van der Waals surface area contributed by atoms with Gasteiger partial charge in [0.05, 0.1) is 87.5 Å².